The van der Waals surface area contributed by atoms with Crippen LogP contribution in [0.5, 0.6) is 5.75 Å². The first-order valence-corrected chi connectivity index (χ1v) is 12.4. The molecule has 0 aliphatic rings. The molecule has 1 N–H and O–H groups in total. The highest BCUT2D eigenvalue weighted by molar-refractivity contribution is 9.10. The quantitative estimate of drug-likeness (QED) is 0.387. The second-order valence-corrected chi connectivity index (χ2v) is 10.1. The highest BCUT2D eigenvalue weighted by Gasteiger charge is 2.21. The van der Waals surface area contributed by atoms with Gasteiger partial charge in [-0.2, -0.15) is 4.31 Å². The molecule has 0 unspecified atom stereocenters. The zero-order valence-electron chi connectivity index (χ0n) is 18.3. The Morgan fingerprint density at radius 3 is 2.33 bits per heavy atom. The number of carbonyl (C=O) groups excluding carboxylic acids is 1. The number of hydrogen-bond acceptors (Lipinski definition) is 5. The third kappa shape index (κ3) is 6.64. The molecule has 0 saturated carbocycles. The van der Waals surface area contributed by atoms with E-state index < -0.39 is 10.0 Å². The molecule has 0 spiro atoms. The normalized spacial score (nSPS) is 11.4. The third-order valence-corrected chi connectivity index (χ3v) is 7.24. The van der Waals surface area contributed by atoms with Crippen LogP contribution in [-0.4, -0.2) is 46.0 Å². The molecule has 0 fully saturated rings. The molecule has 33 heavy (non-hydrogen) atoms. The molecule has 0 aliphatic carbocycles. The lowest BCUT2D eigenvalue weighted by atomic mass is 10.2. The van der Waals surface area contributed by atoms with Gasteiger partial charge in [-0.05, 0) is 64.0 Å². The number of nitrogens with zero attached hydrogens (tertiary/aromatic N) is 1. The number of rotatable bonds is 10. The molecule has 1 amide bonds. The lowest BCUT2D eigenvalue weighted by Gasteiger charge is -2.17. The van der Waals surface area contributed by atoms with Crippen molar-refractivity contribution < 1.29 is 22.7 Å². The summed E-state index contributed by atoms with van der Waals surface area (Å²) in [5.41, 5.74) is 1.81. The van der Waals surface area contributed by atoms with Crippen molar-refractivity contribution in [3.05, 3.63) is 88.4 Å². The SMILES string of the molecule is COCCOc1ccc(C(=O)Nc2ccc(S(=O)(=O)N(C)Cc3ccccc3)cc2)cc1Br. The van der Waals surface area contributed by atoms with E-state index in [9.17, 15) is 13.2 Å². The molecule has 3 aromatic carbocycles. The van der Waals surface area contributed by atoms with Crippen molar-refractivity contribution in [3.8, 4) is 5.75 Å². The molecule has 0 aromatic heterocycles. The summed E-state index contributed by atoms with van der Waals surface area (Å²) in [7, 11) is -0.529. The van der Waals surface area contributed by atoms with Crippen molar-refractivity contribution in [1.82, 2.24) is 4.31 Å². The van der Waals surface area contributed by atoms with Crippen LogP contribution in [0.4, 0.5) is 5.69 Å². The van der Waals surface area contributed by atoms with Crippen molar-refractivity contribution in [3.63, 3.8) is 0 Å². The van der Waals surface area contributed by atoms with Crippen molar-refractivity contribution in [2.75, 3.05) is 32.7 Å². The first-order chi connectivity index (χ1) is 15.8. The van der Waals surface area contributed by atoms with Crippen LogP contribution in [0, 0.1) is 0 Å². The van der Waals surface area contributed by atoms with E-state index in [2.05, 4.69) is 21.2 Å². The fourth-order valence-electron chi connectivity index (χ4n) is 3.01. The Hall–Kier alpha value is -2.72. The molecule has 9 heteroatoms. The molecular weight excluding hydrogens is 508 g/mol. The zero-order chi connectivity index (χ0) is 23.8. The van der Waals surface area contributed by atoms with Crippen molar-refractivity contribution in [2.45, 2.75) is 11.4 Å². The van der Waals surface area contributed by atoms with Crippen molar-refractivity contribution in [1.29, 1.82) is 0 Å². The van der Waals surface area contributed by atoms with E-state index in [-0.39, 0.29) is 17.3 Å². The molecule has 7 nitrogen and oxygen atoms in total. The van der Waals surface area contributed by atoms with Gasteiger partial charge in [-0.1, -0.05) is 30.3 Å². The zero-order valence-corrected chi connectivity index (χ0v) is 20.7. The van der Waals surface area contributed by atoms with Gasteiger partial charge in [0.2, 0.25) is 10.0 Å². The summed E-state index contributed by atoms with van der Waals surface area (Å²) in [6.45, 7) is 1.13. The third-order valence-electron chi connectivity index (χ3n) is 4.81. The van der Waals surface area contributed by atoms with Crippen molar-refractivity contribution >= 4 is 37.5 Å². The number of sulfonamides is 1. The number of anilines is 1. The summed E-state index contributed by atoms with van der Waals surface area (Å²) in [5.74, 6) is 0.286. The molecule has 0 atom stereocenters. The van der Waals surface area contributed by atoms with Gasteiger partial charge in [-0.15, -0.1) is 0 Å². The average Bonchev–Trinajstić information content (AvgIpc) is 2.81. The topological polar surface area (TPSA) is 84.9 Å². The Labute approximate surface area is 202 Å². The fraction of sp³-hybridized carbons (Fsp3) is 0.208. The van der Waals surface area contributed by atoms with E-state index in [0.717, 1.165) is 5.56 Å². The molecule has 3 aromatic rings. The van der Waals surface area contributed by atoms with Gasteiger partial charge < -0.3 is 14.8 Å². The maximum atomic E-state index is 12.9. The van der Waals surface area contributed by atoms with Crippen LogP contribution in [0.15, 0.2) is 82.2 Å². The number of carbonyl (C=O) groups is 1. The van der Waals surface area contributed by atoms with E-state index in [1.807, 2.05) is 30.3 Å². The number of halogens is 1. The van der Waals surface area contributed by atoms with Crippen LogP contribution < -0.4 is 10.1 Å². The molecule has 0 saturated heterocycles. The molecule has 0 radical (unpaired) electrons. The number of benzene rings is 3. The summed E-state index contributed by atoms with van der Waals surface area (Å²) < 4.78 is 38.2. The number of amides is 1. The van der Waals surface area contributed by atoms with Gasteiger partial charge in [-0.25, -0.2) is 8.42 Å². The van der Waals surface area contributed by atoms with Gasteiger partial charge in [0.25, 0.3) is 5.91 Å². The fourth-order valence-corrected chi connectivity index (χ4v) is 4.67. The Kier molecular flexibility index (Phi) is 8.62. The Morgan fingerprint density at radius 2 is 1.70 bits per heavy atom. The first-order valence-electron chi connectivity index (χ1n) is 10.1. The number of nitrogens with one attached hydrogen (secondary N) is 1. The van der Waals surface area contributed by atoms with Crippen LogP contribution in [0.25, 0.3) is 0 Å². The lowest BCUT2D eigenvalue weighted by molar-refractivity contribution is 0.102. The lowest BCUT2D eigenvalue weighted by Crippen LogP contribution is -2.26. The van der Waals surface area contributed by atoms with E-state index >= 15 is 0 Å². The summed E-state index contributed by atoms with van der Waals surface area (Å²) in [6.07, 6.45) is 0. The monoisotopic (exact) mass is 532 g/mol. The first kappa shape index (κ1) is 24.9. The number of ether oxygens (including phenoxy) is 2. The van der Waals surface area contributed by atoms with Crippen molar-refractivity contribution in [2.24, 2.45) is 0 Å². The van der Waals surface area contributed by atoms with Crippen LogP contribution >= 0.6 is 15.9 Å². The highest BCUT2D eigenvalue weighted by Crippen LogP contribution is 2.27. The van der Waals surface area contributed by atoms with Gasteiger partial charge in [-0.3, -0.25) is 4.79 Å². The van der Waals surface area contributed by atoms with E-state index in [0.29, 0.717) is 34.7 Å². The van der Waals surface area contributed by atoms with Gasteiger partial charge in [0, 0.05) is 32.0 Å². The number of methoxy groups -OCH3 is 1. The minimum Gasteiger partial charge on any atom is -0.490 e. The highest BCUT2D eigenvalue weighted by atomic mass is 79.9. The second kappa shape index (κ2) is 11.4. The molecule has 174 valence electrons. The van der Waals surface area contributed by atoms with Gasteiger partial charge in [0.05, 0.1) is 16.0 Å². The Bertz CT molecular complexity index is 1190. The summed E-state index contributed by atoms with van der Waals surface area (Å²) in [6, 6.07) is 20.5. The second-order valence-electron chi connectivity index (χ2n) is 7.21. The maximum Gasteiger partial charge on any atom is 0.255 e. The summed E-state index contributed by atoms with van der Waals surface area (Å²) in [5, 5.41) is 2.78. The van der Waals surface area contributed by atoms with Gasteiger partial charge in [0.15, 0.2) is 0 Å². The van der Waals surface area contributed by atoms with Crippen LogP contribution in [0.2, 0.25) is 0 Å². The maximum absolute atomic E-state index is 12.9. The summed E-state index contributed by atoms with van der Waals surface area (Å²) >= 11 is 3.40. The van der Waals surface area contributed by atoms with Gasteiger partial charge in [0.1, 0.15) is 12.4 Å². The standard InChI is InChI=1S/C24H25BrN2O5S/c1-27(17-18-6-4-3-5-7-18)33(29,30)21-11-9-20(10-12-21)26-24(28)19-8-13-23(22(25)16-19)32-15-14-31-2/h3-13,16H,14-15,17H2,1-2H3,(H,26,28). The van der Waals surface area contributed by atoms with Gasteiger partial charge >= 0.3 is 0 Å². The van der Waals surface area contributed by atoms with E-state index in [1.165, 1.54) is 16.4 Å². The number of hydrogen-bond donors (Lipinski definition) is 1. The average molecular weight is 533 g/mol. The van der Waals surface area contributed by atoms with Crippen LogP contribution in [0.1, 0.15) is 15.9 Å². The predicted octanol–water partition coefficient (Wildman–Crippen LogP) is 4.55. The summed E-state index contributed by atoms with van der Waals surface area (Å²) in [4.78, 5) is 12.8. The minimum atomic E-state index is -3.66. The molecule has 0 heterocycles. The largest absolute Gasteiger partial charge is 0.490 e. The molecule has 0 aliphatic heterocycles. The van der Waals surface area contributed by atoms with E-state index in [1.54, 1.807) is 44.5 Å². The molecular formula is C24H25BrN2O5S. The smallest absolute Gasteiger partial charge is 0.255 e. The van der Waals surface area contributed by atoms with Crippen LogP contribution in [0.3, 0.4) is 0 Å². The Balaban J connectivity index is 1.65. The van der Waals surface area contributed by atoms with E-state index in [4.69, 9.17) is 9.47 Å². The Morgan fingerprint density at radius 1 is 1.00 bits per heavy atom. The van der Waals surface area contributed by atoms with Crippen LogP contribution in [-0.2, 0) is 21.3 Å². The molecule has 3 rings (SSSR count). The predicted molar refractivity (Wildman–Crippen MR) is 131 cm³/mol. The molecule has 0 bridgehead atoms. The minimum absolute atomic E-state index is 0.152.